The Morgan fingerprint density at radius 2 is 2.09 bits per heavy atom. The van der Waals surface area contributed by atoms with Crippen LogP contribution >= 0.6 is 0 Å². The molecule has 1 unspecified atom stereocenters. The summed E-state index contributed by atoms with van der Waals surface area (Å²) >= 11 is 0. The molecule has 3 rings (SSSR count). The van der Waals surface area contributed by atoms with Crippen LogP contribution in [0.1, 0.15) is 49.4 Å². The largest absolute Gasteiger partial charge is 0.388 e. The molecule has 1 aromatic heterocycles. The van der Waals surface area contributed by atoms with Gasteiger partial charge in [0.1, 0.15) is 5.82 Å². The molecule has 0 spiro atoms. The minimum absolute atomic E-state index is 0.0218. The van der Waals surface area contributed by atoms with Crippen LogP contribution in [0.15, 0.2) is 12.4 Å². The number of carbonyl (C=O) groups excluding carboxylic acids is 1. The average molecular weight is 318 g/mol. The van der Waals surface area contributed by atoms with E-state index in [4.69, 9.17) is 0 Å². The molecular formula is C17H26N4O2. The molecule has 6 nitrogen and oxygen atoms in total. The van der Waals surface area contributed by atoms with Crippen LogP contribution in [0.5, 0.6) is 0 Å². The maximum absolute atomic E-state index is 11.9. The first-order chi connectivity index (χ1) is 11.0. The molecule has 2 aliphatic rings. The fraction of sp³-hybridized carbons (Fsp3) is 0.706. The van der Waals surface area contributed by atoms with Gasteiger partial charge in [-0.2, -0.15) is 0 Å². The molecule has 1 aromatic rings. The Morgan fingerprint density at radius 1 is 1.39 bits per heavy atom. The standard InChI is InChI=1S/C17H26N4O2/c1-20(2)15(22)8-17(23)6-3-7-21(12-17)11-13-9-18-16(19-10-13)14-4-5-14/h9-10,14,23H,3-8,11-12H2,1-2H3. The number of hydrogen-bond acceptors (Lipinski definition) is 5. The Hall–Kier alpha value is -1.53. The molecule has 1 amide bonds. The van der Waals surface area contributed by atoms with Gasteiger partial charge < -0.3 is 10.0 Å². The van der Waals surface area contributed by atoms with Crippen molar-refractivity contribution in [2.24, 2.45) is 0 Å². The van der Waals surface area contributed by atoms with Crippen molar-refractivity contribution in [3.8, 4) is 0 Å². The zero-order valence-corrected chi connectivity index (χ0v) is 14.0. The highest BCUT2D eigenvalue weighted by atomic mass is 16.3. The summed E-state index contributed by atoms with van der Waals surface area (Å²) < 4.78 is 0. The summed E-state index contributed by atoms with van der Waals surface area (Å²) in [5, 5.41) is 10.7. The number of aliphatic hydroxyl groups is 1. The van der Waals surface area contributed by atoms with Gasteiger partial charge in [0.25, 0.3) is 0 Å². The fourth-order valence-electron chi connectivity index (χ4n) is 3.18. The number of amides is 1. The van der Waals surface area contributed by atoms with Gasteiger partial charge >= 0.3 is 0 Å². The van der Waals surface area contributed by atoms with Crippen LogP contribution in [-0.4, -0.2) is 63.6 Å². The summed E-state index contributed by atoms with van der Waals surface area (Å²) in [4.78, 5) is 24.6. The third-order valence-electron chi connectivity index (χ3n) is 4.69. The fourth-order valence-corrected chi connectivity index (χ4v) is 3.18. The highest BCUT2D eigenvalue weighted by Gasteiger charge is 2.35. The lowest BCUT2D eigenvalue weighted by Gasteiger charge is -2.39. The topological polar surface area (TPSA) is 69.6 Å². The second-order valence-corrected chi connectivity index (χ2v) is 7.23. The first kappa shape index (κ1) is 16.3. The Morgan fingerprint density at radius 3 is 2.70 bits per heavy atom. The number of β-amino-alcohol motifs (C(OH)–C–C–N with tert-alkyl or cyclic N) is 1. The van der Waals surface area contributed by atoms with E-state index in [1.165, 1.54) is 12.8 Å². The molecular weight excluding hydrogens is 292 g/mol. The van der Waals surface area contributed by atoms with Gasteiger partial charge in [0.05, 0.1) is 12.0 Å². The second-order valence-electron chi connectivity index (χ2n) is 7.23. The van der Waals surface area contributed by atoms with E-state index in [0.29, 0.717) is 18.9 Å². The molecule has 2 heterocycles. The van der Waals surface area contributed by atoms with Gasteiger partial charge in [-0.05, 0) is 32.2 Å². The molecule has 1 saturated heterocycles. The molecule has 6 heteroatoms. The van der Waals surface area contributed by atoms with Crippen molar-refractivity contribution in [1.82, 2.24) is 19.8 Å². The van der Waals surface area contributed by atoms with Crippen LogP contribution in [0.25, 0.3) is 0 Å². The SMILES string of the molecule is CN(C)C(=O)CC1(O)CCCN(Cc2cnc(C3CC3)nc2)C1. The number of carbonyl (C=O) groups is 1. The average Bonchev–Trinajstić information content (AvgIpc) is 3.32. The van der Waals surface area contributed by atoms with Gasteiger partial charge in [0.15, 0.2) is 0 Å². The number of rotatable bonds is 5. The lowest BCUT2D eigenvalue weighted by atomic mass is 9.89. The van der Waals surface area contributed by atoms with E-state index in [0.717, 1.165) is 30.9 Å². The van der Waals surface area contributed by atoms with Crippen LogP contribution in [0, 0.1) is 0 Å². The van der Waals surface area contributed by atoms with Crippen molar-refractivity contribution >= 4 is 5.91 Å². The molecule has 2 fully saturated rings. The first-order valence-corrected chi connectivity index (χ1v) is 8.41. The Bertz CT molecular complexity index is 556. The van der Waals surface area contributed by atoms with Crippen LogP contribution < -0.4 is 0 Å². The highest BCUT2D eigenvalue weighted by molar-refractivity contribution is 5.76. The molecule has 0 aromatic carbocycles. The van der Waals surface area contributed by atoms with E-state index in [-0.39, 0.29) is 12.3 Å². The summed E-state index contributed by atoms with van der Waals surface area (Å²) in [6.07, 6.45) is 7.99. The summed E-state index contributed by atoms with van der Waals surface area (Å²) in [5.41, 5.74) is 0.145. The lowest BCUT2D eigenvalue weighted by molar-refractivity contribution is -0.136. The molecule has 1 aliphatic carbocycles. The van der Waals surface area contributed by atoms with Crippen molar-refractivity contribution in [3.05, 3.63) is 23.8 Å². The first-order valence-electron chi connectivity index (χ1n) is 8.41. The Balaban J connectivity index is 1.58. The smallest absolute Gasteiger partial charge is 0.224 e. The van der Waals surface area contributed by atoms with Crippen molar-refractivity contribution in [3.63, 3.8) is 0 Å². The van der Waals surface area contributed by atoms with E-state index in [9.17, 15) is 9.90 Å². The summed E-state index contributed by atoms with van der Waals surface area (Å²) in [7, 11) is 3.45. The lowest BCUT2D eigenvalue weighted by Crippen LogP contribution is -2.50. The van der Waals surface area contributed by atoms with E-state index in [1.54, 1.807) is 19.0 Å². The molecule has 1 aliphatic heterocycles. The van der Waals surface area contributed by atoms with Crippen molar-refractivity contribution in [2.45, 2.75) is 50.2 Å². The zero-order valence-electron chi connectivity index (χ0n) is 14.0. The van der Waals surface area contributed by atoms with Crippen molar-refractivity contribution in [2.75, 3.05) is 27.2 Å². The van der Waals surface area contributed by atoms with Crippen molar-refractivity contribution < 1.29 is 9.90 Å². The summed E-state index contributed by atoms with van der Waals surface area (Å²) in [6, 6.07) is 0. The van der Waals surface area contributed by atoms with Crippen LogP contribution in [0.3, 0.4) is 0 Å². The molecule has 0 bridgehead atoms. The maximum Gasteiger partial charge on any atom is 0.224 e. The summed E-state index contributed by atoms with van der Waals surface area (Å²) in [6.45, 7) is 2.18. The van der Waals surface area contributed by atoms with Gasteiger partial charge in [0.2, 0.25) is 5.91 Å². The van der Waals surface area contributed by atoms with Crippen LogP contribution in [-0.2, 0) is 11.3 Å². The molecule has 1 atom stereocenters. The van der Waals surface area contributed by atoms with Gasteiger partial charge in [-0.3, -0.25) is 9.69 Å². The summed E-state index contributed by atoms with van der Waals surface area (Å²) in [5.74, 6) is 1.51. The number of piperidine rings is 1. The quantitative estimate of drug-likeness (QED) is 0.882. The van der Waals surface area contributed by atoms with Gasteiger partial charge in [-0.15, -0.1) is 0 Å². The van der Waals surface area contributed by atoms with E-state index < -0.39 is 5.60 Å². The van der Waals surface area contributed by atoms with Gasteiger partial charge in [-0.1, -0.05) is 0 Å². The number of aromatic nitrogens is 2. The second kappa shape index (κ2) is 6.53. The number of likely N-dealkylation sites (tertiary alicyclic amines) is 1. The zero-order chi connectivity index (χ0) is 16.4. The normalized spacial score (nSPS) is 25.3. The molecule has 23 heavy (non-hydrogen) atoms. The minimum Gasteiger partial charge on any atom is -0.388 e. The molecule has 1 saturated carbocycles. The third kappa shape index (κ3) is 4.26. The predicted octanol–water partition coefficient (Wildman–Crippen LogP) is 1.16. The van der Waals surface area contributed by atoms with E-state index in [1.807, 2.05) is 12.4 Å². The predicted molar refractivity (Wildman–Crippen MR) is 86.8 cm³/mol. The van der Waals surface area contributed by atoms with Crippen LogP contribution in [0.4, 0.5) is 0 Å². The maximum atomic E-state index is 11.9. The van der Waals surface area contributed by atoms with E-state index >= 15 is 0 Å². The Labute approximate surface area is 137 Å². The highest BCUT2D eigenvalue weighted by Crippen LogP contribution is 2.37. The molecule has 1 N–H and O–H groups in total. The Kier molecular flexibility index (Phi) is 4.64. The minimum atomic E-state index is -0.922. The van der Waals surface area contributed by atoms with Gasteiger partial charge in [0, 0.05) is 51.1 Å². The monoisotopic (exact) mass is 318 g/mol. The molecule has 126 valence electrons. The van der Waals surface area contributed by atoms with Crippen molar-refractivity contribution in [1.29, 1.82) is 0 Å². The van der Waals surface area contributed by atoms with Gasteiger partial charge in [-0.25, -0.2) is 9.97 Å². The van der Waals surface area contributed by atoms with Crippen LogP contribution in [0.2, 0.25) is 0 Å². The third-order valence-corrected chi connectivity index (χ3v) is 4.69. The number of nitrogens with zero attached hydrogens (tertiary/aromatic N) is 4. The molecule has 0 radical (unpaired) electrons. The number of hydrogen-bond donors (Lipinski definition) is 1. The van der Waals surface area contributed by atoms with E-state index in [2.05, 4.69) is 14.9 Å².